The summed E-state index contributed by atoms with van der Waals surface area (Å²) in [5.74, 6) is 1.83. The minimum atomic E-state index is 0.912. The van der Waals surface area contributed by atoms with Gasteiger partial charge < -0.3 is 0 Å². The average Bonchev–Trinajstić information content (AvgIpc) is 4.16. The molecule has 0 atom stereocenters. The number of imidazole rings is 2. The Hall–Kier alpha value is -7.97. The first kappa shape index (κ1) is 36.7. The molecule has 0 amide bonds. The van der Waals surface area contributed by atoms with Gasteiger partial charge in [0, 0.05) is 59.4 Å². The van der Waals surface area contributed by atoms with Crippen LogP contribution in [0, 0.1) is 0 Å². The number of nitrogens with zero attached hydrogens (tertiary/aromatic N) is 5. The van der Waals surface area contributed by atoms with Gasteiger partial charge in [0.15, 0.2) is 0 Å². The number of fused-ring (bicyclic) bond motifs is 6. The third-order valence-corrected chi connectivity index (χ3v) is 14.5. The second-order valence-corrected chi connectivity index (χ2v) is 18.1. The molecule has 0 radical (unpaired) electrons. The molecule has 300 valence electrons. The normalized spacial score (nSPS) is 11.8. The lowest BCUT2D eigenvalue weighted by Crippen LogP contribution is -1.97. The SMILES string of the molecule is c1ccc(-n2c(-c3ccc(-c4ccc(-c5ccc(-c6nc7ccccc7n6-c6ccccc6)cc5)c5sc(-c6ccc7sc8ccccc8c7c6)nc45)cc3)nc3ccccc32)cc1. The summed E-state index contributed by atoms with van der Waals surface area (Å²) in [6.45, 7) is 0. The van der Waals surface area contributed by atoms with Crippen molar-refractivity contribution < 1.29 is 0 Å². The lowest BCUT2D eigenvalue weighted by molar-refractivity contribution is 1.10. The third kappa shape index (κ3) is 6.01. The zero-order valence-electron chi connectivity index (χ0n) is 34.3. The fourth-order valence-corrected chi connectivity index (χ4v) is 11.4. The monoisotopic (exact) mass is 853 g/mol. The summed E-state index contributed by atoms with van der Waals surface area (Å²) in [4.78, 5) is 15.8. The topological polar surface area (TPSA) is 48.5 Å². The number of thiophene rings is 1. The van der Waals surface area contributed by atoms with E-state index < -0.39 is 0 Å². The van der Waals surface area contributed by atoms with Gasteiger partial charge in [0.2, 0.25) is 0 Å². The Bertz CT molecular complexity index is 3680. The molecule has 0 bridgehead atoms. The smallest absolute Gasteiger partial charge is 0.145 e. The highest BCUT2D eigenvalue weighted by atomic mass is 32.1. The molecule has 0 saturated carbocycles. The summed E-state index contributed by atoms with van der Waals surface area (Å²) in [5, 5.41) is 3.56. The zero-order chi connectivity index (χ0) is 42.1. The Kier molecular flexibility index (Phi) is 8.50. The maximum Gasteiger partial charge on any atom is 0.145 e. The van der Waals surface area contributed by atoms with Crippen molar-refractivity contribution in [1.82, 2.24) is 24.1 Å². The molecule has 7 heteroatoms. The van der Waals surface area contributed by atoms with Crippen molar-refractivity contribution in [1.29, 1.82) is 0 Å². The summed E-state index contributed by atoms with van der Waals surface area (Å²) in [6, 6.07) is 75.3. The maximum absolute atomic E-state index is 5.51. The van der Waals surface area contributed by atoms with Crippen molar-refractivity contribution in [2.45, 2.75) is 0 Å². The van der Waals surface area contributed by atoms with Gasteiger partial charge in [-0.15, -0.1) is 22.7 Å². The van der Waals surface area contributed by atoms with Gasteiger partial charge >= 0.3 is 0 Å². The molecule has 4 heterocycles. The quantitative estimate of drug-likeness (QED) is 0.160. The van der Waals surface area contributed by atoms with E-state index in [-0.39, 0.29) is 0 Å². The first-order valence-electron chi connectivity index (χ1n) is 21.3. The Morgan fingerprint density at radius 2 is 0.828 bits per heavy atom. The van der Waals surface area contributed by atoms with E-state index in [1.807, 2.05) is 23.5 Å². The number of rotatable bonds is 7. The van der Waals surface area contributed by atoms with E-state index in [2.05, 4.69) is 209 Å². The number of aromatic nitrogens is 5. The summed E-state index contributed by atoms with van der Waals surface area (Å²) in [6.07, 6.45) is 0. The maximum atomic E-state index is 5.51. The van der Waals surface area contributed by atoms with Crippen LogP contribution in [0.25, 0.3) is 119 Å². The summed E-state index contributed by atoms with van der Waals surface area (Å²) < 4.78 is 8.24. The van der Waals surface area contributed by atoms with Gasteiger partial charge in [-0.05, 0) is 77.9 Å². The van der Waals surface area contributed by atoms with Crippen LogP contribution < -0.4 is 0 Å². The van der Waals surface area contributed by atoms with Crippen LogP contribution in [0.4, 0.5) is 0 Å². The highest BCUT2D eigenvalue weighted by molar-refractivity contribution is 7.26. The van der Waals surface area contributed by atoms with E-state index in [0.29, 0.717) is 0 Å². The molecule has 5 nitrogen and oxygen atoms in total. The minimum absolute atomic E-state index is 0.912. The zero-order valence-corrected chi connectivity index (χ0v) is 35.9. The number of thiazole rings is 1. The molecule has 9 aromatic carbocycles. The van der Waals surface area contributed by atoms with Crippen LogP contribution >= 0.6 is 22.7 Å². The van der Waals surface area contributed by atoms with E-state index in [0.717, 1.165) is 99.3 Å². The van der Waals surface area contributed by atoms with Crippen LogP contribution in [0.3, 0.4) is 0 Å². The third-order valence-electron chi connectivity index (χ3n) is 12.2. The average molecular weight is 854 g/mol. The second-order valence-electron chi connectivity index (χ2n) is 16.0. The second kappa shape index (κ2) is 14.8. The Labute approximate surface area is 376 Å². The molecular formula is C57H35N5S2. The lowest BCUT2D eigenvalue weighted by Gasteiger charge is -2.12. The number of para-hydroxylation sites is 6. The van der Waals surface area contributed by atoms with Crippen LogP contribution in [-0.2, 0) is 0 Å². The van der Waals surface area contributed by atoms with Crippen LogP contribution in [0.5, 0.6) is 0 Å². The van der Waals surface area contributed by atoms with Crippen molar-refractivity contribution >= 4 is 75.1 Å². The van der Waals surface area contributed by atoms with Crippen molar-refractivity contribution in [2.75, 3.05) is 0 Å². The van der Waals surface area contributed by atoms with E-state index in [1.165, 1.54) is 20.2 Å². The van der Waals surface area contributed by atoms with Gasteiger partial charge in [0.1, 0.15) is 16.7 Å². The van der Waals surface area contributed by atoms with Gasteiger partial charge in [0.25, 0.3) is 0 Å². The first-order valence-corrected chi connectivity index (χ1v) is 23.0. The molecule has 0 spiro atoms. The van der Waals surface area contributed by atoms with E-state index >= 15 is 0 Å². The van der Waals surface area contributed by atoms with Gasteiger partial charge in [0.05, 0.1) is 32.3 Å². The van der Waals surface area contributed by atoms with Gasteiger partial charge in [-0.3, -0.25) is 9.13 Å². The Balaban J connectivity index is 0.942. The molecule has 4 aromatic heterocycles. The van der Waals surface area contributed by atoms with Crippen molar-refractivity contribution in [2.24, 2.45) is 0 Å². The van der Waals surface area contributed by atoms with E-state index in [1.54, 1.807) is 11.3 Å². The number of hydrogen-bond donors (Lipinski definition) is 0. The molecule has 0 aliphatic rings. The van der Waals surface area contributed by atoms with Crippen LogP contribution in [0.2, 0.25) is 0 Å². The largest absolute Gasteiger partial charge is 0.292 e. The van der Waals surface area contributed by atoms with Crippen LogP contribution in [0.15, 0.2) is 212 Å². The molecule has 0 saturated heterocycles. The molecule has 0 fully saturated rings. The summed E-state index contributed by atoms with van der Waals surface area (Å²) >= 11 is 3.61. The van der Waals surface area contributed by atoms with Gasteiger partial charge in [-0.2, -0.15) is 0 Å². The molecule has 0 aliphatic heterocycles. The summed E-state index contributed by atoms with van der Waals surface area (Å²) in [7, 11) is 0. The molecule has 0 aliphatic carbocycles. The van der Waals surface area contributed by atoms with Crippen LogP contribution in [-0.4, -0.2) is 24.1 Å². The minimum Gasteiger partial charge on any atom is -0.292 e. The standard InChI is InChI=1S/C57H35N5S2/c1-3-13-41(14-4-1)61-49-20-10-8-18-47(49)58-55(61)38-27-23-36(24-28-38)43-32-33-44(54-53(43)60-57(64-54)40-31-34-52-46(35-40)45-17-7-12-22-51(45)63-52)37-25-29-39(30-26-37)56-59-48-19-9-11-21-50(48)62(56)42-15-5-2-6-16-42/h1-35H. The summed E-state index contributed by atoms with van der Waals surface area (Å²) in [5.41, 5.74) is 15.0. The first-order chi connectivity index (χ1) is 31.7. The molecule has 64 heavy (non-hydrogen) atoms. The molecular weight excluding hydrogens is 819 g/mol. The molecule has 13 rings (SSSR count). The molecule has 0 N–H and O–H groups in total. The Morgan fingerprint density at radius 3 is 1.45 bits per heavy atom. The van der Waals surface area contributed by atoms with Crippen molar-refractivity contribution in [3.63, 3.8) is 0 Å². The fraction of sp³-hybridized carbons (Fsp3) is 0. The van der Waals surface area contributed by atoms with E-state index in [9.17, 15) is 0 Å². The predicted octanol–water partition coefficient (Wildman–Crippen LogP) is 15.7. The van der Waals surface area contributed by atoms with Gasteiger partial charge in [-0.25, -0.2) is 15.0 Å². The van der Waals surface area contributed by atoms with Gasteiger partial charge in [-0.1, -0.05) is 146 Å². The van der Waals surface area contributed by atoms with E-state index in [4.69, 9.17) is 15.0 Å². The van der Waals surface area contributed by atoms with Crippen molar-refractivity contribution in [3.8, 4) is 67.0 Å². The van der Waals surface area contributed by atoms with Crippen molar-refractivity contribution in [3.05, 3.63) is 212 Å². The fourth-order valence-electron chi connectivity index (χ4n) is 9.16. The molecule has 0 unspecified atom stereocenters. The highest BCUT2D eigenvalue weighted by Gasteiger charge is 2.20. The molecule has 13 aromatic rings. The van der Waals surface area contributed by atoms with Crippen LogP contribution in [0.1, 0.15) is 0 Å². The predicted molar refractivity (Wildman–Crippen MR) is 269 cm³/mol. The number of benzene rings is 9. The lowest BCUT2D eigenvalue weighted by atomic mass is 9.97. The number of hydrogen-bond acceptors (Lipinski definition) is 5. The highest BCUT2D eigenvalue weighted by Crippen LogP contribution is 2.44. The Morgan fingerprint density at radius 1 is 0.344 bits per heavy atom.